The van der Waals surface area contributed by atoms with Crippen molar-refractivity contribution in [3.63, 3.8) is 0 Å². The van der Waals surface area contributed by atoms with Gasteiger partial charge in [-0.15, -0.1) is 0 Å². The Morgan fingerprint density at radius 2 is 1.65 bits per heavy atom. The molecule has 1 heterocycles. The lowest BCUT2D eigenvalue weighted by atomic mass is 9.96. The molecule has 0 bridgehead atoms. The minimum Gasteiger partial charge on any atom is -0.481 e. The van der Waals surface area contributed by atoms with Crippen molar-refractivity contribution in [2.45, 2.75) is 32.8 Å². The quantitative estimate of drug-likeness (QED) is 0.439. The number of rotatable bonds is 8. The van der Waals surface area contributed by atoms with E-state index in [0.717, 1.165) is 12.8 Å². The lowest BCUT2D eigenvalue weighted by Crippen LogP contribution is -2.46. The maximum Gasteiger partial charge on any atom is 0.513 e. The molecule has 2 amide bonds. The van der Waals surface area contributed by atoms with Gasteiger partial charge in [-0.3, -0.25) is 9.59 Å². The van der Waals surface area contributed by atoms with Gasteiger partial charge in [-0.05, 0) is 81.1 Å². The summed E-state index contributed by atoms with van der Waals surface area (Å²) in [6, 6.07) is 13.2. The van der Waals surface area contributed by atoms with Crippen LogP contribution in [0.2, 0.25) is 5.02 Å². The number of carbonyl (C=O) groups excluding carboxylic acids is 3. The van der Waals surface area contributed by atoms with Gasteiger partial charge >= 0.3 is 6.16 Å². The topological polar surface area (TPSA) is 94.2 Å². The van der Waals surface area contributed by atoms with Gasteiger partial charge in [-0.25, -0.2) is 4.79 Å². The summed E-state index contributed by atoms with van der Waals surface area (Å²) in [5.74, 6) is 0.935. The molecule has 1 aliphatic rings. The van der Waals surface area contributed by atoms with Gasteiger partial charge in [0.2, 0.25) is 0 Å². The van der Waals surface area contributed by atoms with E-state index in [0.29, 0.717) is 41.7 Å². The molecule has 1 aliphatic heterocycles. The zero-order valence-electron chi connectivity index (χ0n) is 19.3. The predicted molar refractivity (Wildman–Crippen MR) is 127 cm³/mol. The Labute approximate surface area is 204 Å². The fraction of sp³-hybridized carbons (Fsp3) is 0.400. The molecule has 1 atom stereocenters. The van der Waals surface area contributed by atoms with Crippen molar-refractivity contribution in [3.05, 3.63) is 59.1 Å². The van der Waals surface area contributed by atoms with Crippen LogP contribution in [0, 0.1) is 5.92 Å². The van der Waals surface area contributed by atoms with E-state index >= 15 is 0 Å². The van der Waals surface area contributed by atoms with Gasteiger partial charge in [0.25, 0.3) is 11.8 Å². The van der Waals surface area contributed by atoms with Gasteiger partial charge < -0.3 is 24.4 Å². The molecule has 1 N–H and O–H groups in total. The van der Waals surface area contributed by atoms with Crippen LogP contribution in [-0.2, 0) is 9.53 Å². The Bertz CT molecular complexity index is 972. The molecular formula is C25H29ClN2O6. The predicted octanol–water partition coefficient (Wildman–Crippen LogP) is 4.31. The number of piperidine rings is 1. The first-order valence-electron chi connectivity index (χ1n) is 11.3. The SMILES string of the molecule is CCOC(=O)Oc1ccc(C(=O)NCC2CCN(C(=O)C(C)Oc3ccc(Cl)cc3)CC2)cc1. The van der Waals surface area contributed by atoms with Crippen molar-refractivity contribution in [2.75, 3.05) is 26.2 Å². The van der Waals surface area contributed by atoms with E-state index in [-0.39, 0.29) is 24.3 Å². The summed E-state index contributed by atoms with van der Waals surface area (Å²) in [5.41, 5.74) is 0.469. The third kappa shape index (κ3) is 7.38. The molecule has 3 rings (SSSR count). The average Bonchev–Trinajstić information content (AvgIpc) is 2.84. The molecule has 0 saturated carbocycles. The highest BCUT2D eigenvalue weighted by molar-refractivity contribution is 6.30. The number of benzene rings is 2. The zero-order chi connectivity index (χ0) is 24.5. The average molecular weight is 489 g/mol. The van der Waals surface area contributed by atoms with Crippen LogP contribution in [0.4, 0.5) is 4.79 Å². The normalized spacial score (nSPS) is 14.7. The highest BCUT2D eigenvalue weighted by Gasteiger charge is 2.27. The van der Waals surface area contributed by atoms with Crippen LogP contribution in [-0.4, -0.2) is 55.2 Å². The number of nitrogens with one attached hydrogen (secondary N) is 1. The minimum atomic E-state index is -0.782. The lowest BCUT2D eigenvalue weighted by molar-refractivity contribution is -0.139. The zero-order valence-corrected chi connectivity index (χ0v) is 20.0. The number of amides is 2. The molecule has 34 heavy (non-hydrogen) atoms. The molecule has 9 heteroatoms. The Balaban J connectivity index is 1.40. The van der Waals surface area contributed by atoms with E-state index in [1.807, 2.05) is 0 Å². The second-order valence-electron chi connectivity index (χ2n) is 8.00. The monoisotopic (exact) mass is 488 g/mol. The summed E-state index contributed by atoms with van der Waals surface area (Å²) in [6.45, 7) is 5.42. The summed E-state index contributed by atoms with van der Waals surface area (Å²) < 4.78 is 15.4. The van der Waals surface area contributed by atoms with Crippen molar-refractivity contribution in [1.29, 1.82) is 0 Å². The van der Waals surface area contributed by atoms with E-state index in [9.17, 15) is 14.4 Å². The summed E-state index contributed by atoms with van der Waals surface area (Å²) >= 11 is 5.88. The van der Waals surface area contributed by atoms with Crippen LogP contribution in [0.3, 0.4) is 0 Å². The van der Waals surface area contributed by atoms with E-state index in [2.05, 4.69) is 5.32 Å². The van der Waals surface area contributed by atoms with Gasteiger partial charge in [0.05, 0.1) is 6.61 Å². The number of halogens is 1. The Morgan fingerprint density at radius 1 is 1.03 bits per heavy atom. The van der Waals surface area contributed by atoms with Crippen molar-refractivity contribution in [2.24, 2.45) is 5.92 Å². The summed E-state index contributed by atoms with van der Waals surface area (Å²) in [5, 5.41) is 3.55. The second-order valence-corrected chi connectivity index (χ2v) is 8.44. The largest absolute Gasteiger partial charge is 0.513 e. The van der Waals surface area contributed by atoms with Crippen molar-refractivity contribution in [1.82, 2.24) is 10.2 Å². The minimum absolute atomic E-state index is 0.0532. The number of nitrogens with zero attached hydrogens (tertiary/aromatic N) is 1. The van der Waals surface area contributed by atoms with Crippen molar-refractivity contribution >= 4 is 29.6 Å². The van der Waals surface area contributed by atoms with Crippen LogP contribution in [0.15, 0.2) is 48.5 Å². The first-order valence-corrected chi connectivity index (χ1v) is 11.7. The molecule has 1 fully saturated rings. The van der Waals surface area contributed by atoms with Gasteiger partial charge in [-0.2, -0.15) is 0 Å². The maximum atomic E-state index is 12.7. The lowest BCUT2D eigenvalue weighted by Gasteiger charge is -2.33. The molecule has 0 spiro atoms. The Hall–Kier alpha value is -3.26. The molecule has 1 unspecified atom stereocenters. The number of hydrogen-bond acceptors (Lipinski definition) is 6. The highest BCUT2D eigenvalue weighted by Crippen LogP contribution is 2.21. The van der Waals surface area contributed by atoms with Crippen LogP contribution in [0.1, 0.15) is 37.0 Å². The molecule has 182 valence electrons. The Morgan fingerprint density at radius 3 is 2.26 bits per heavy atom. The molecular weight excluding hydrogens is 460 g/mol. The van der Waals surface area contributed by atoms with Gasteiger partial charge in [-0.1, -0.05) is 11.6 Å². The first kappa shape index (κ1) is 25.4. The van der Waals surface area contributed by atoms with E-state index in [1.54, 1.807) is 67.3 Å². The summed E-state index contributed by atoms with van der Waals surface area (Å²) in [4.78, 5) is 38.3. The fourth-order valence-electron chi connectivity index (χ4n) is 3.64. The van der Waals surface area contributed by atoms with E-state index in [4.69, 9.17) is 25.8 Å². The summed E-state index contributed by atoms with van der Waals surface area (Å²) in [7, 11) is 0. The standard InChI is InChI=1S/C25H29ClN2O6/c1-3-32-25(31)34-22-8-4-19(5-9-22)23(29)27-16-18-12-14-28(15-13-18)24(30)17(2)33-21-10-6-20(26)7-11-21/h4-11,17-18H,3,12-16H2,1-2H3,(H,27,29). The first-order chi connectivity index (χ1) is 16.4. The second kappa shape index (κ2) is 12.3. The van der Waals surface area contributed by atoms with Gasteiger partial charge in [0.15, 0.2) is 6.10 Å². The van der Waals surface area contributed by atoms with E-state index < -0.39 is 12.3 Å². The summed E-state index contributed by atoms with van der Waals surface area (Å²) in [6.07, 6.45) is 0.224. The van der Waals surface area contributed by atoms with Crippen LogP contribution < -0.4 is 14.8 Å². The number of hydrogen-bond donors (Lipinski definition) is 1. The van der Waals surface area contributed by atoms with Crippen LogP contribution >= 0.6 is 11.6 Å². The number of carbonyl (C=O) groups is 3. The number of ether oxygens (including phenoxy) is 3. The molecule has 0 aromatic heterocycles. The number of likely N-dealkylation sites (tertiary alicyclic amines) is 1. The fourth-order valence-corrected chi connectivity index (χ4v) is 3.77. The van der Waals surface area contributed by atoms with Gasteiger partial charge in [0.1, 0.15) is 11.5 Å². The molecule has 0 aliphatic carbocycles. The molecule has 8 nitrogen and oxygen atoms in total. The van der Waals surface area contributed by atoms with E-state index in [1.165, 1.54) is 0 Å². The van der Waals surface area contributed by atoms with Crippen molar-refractivity contribution < 1.29 is 28.6 Å². The van der Waals surface area contributed by atoms with Gasteiger partial charge in [0, 0.05) is 30.2 Å². The Kier molecular flexibility index (Phi) is 9.16. The third-order valence-corrected chi connectivity index (χ3v) is 5.78. The van der Waals surface area contributed by atoms with Crippen LogP contribution in [0.25, 0.3) is 0 Å². The molecule has 2 aromatic carbocycles. The maximum absolute atomic E-state index is 12.7. The molecule has 0 radical (unpaired) electrons. The molecule has 2 aromatic rings. The smallest absolute Gasteiger partial charge is 0.481 e. The van der Waals surface area contributed by atoms with Crippen LogP contribution in [0.5, 0.6) is 11.5 Å². The van der Waals surface area contributed by atoms with Crippen molar-refractivity contribution in [3.8, 4) is 11.5 Å². The highest BCUT2D eigenvalue weighted by atomic mass is 35.5. The molecule has 1 saturated heterocycles. The third-order valence-electron chi connectivity index (χ3n) is 5.53.